The average molecular weight is 597 g/mol. The standard InChI is InChI=1S/C26H28Cl2F2N6O4/c1-4-20(37)33-16-11-40-10-15(16)32-19-7-13-14(9-31-19)34-24(35-25(13)36-6-5-26(29,30)12-36)21-22(27)17(38-2)8-18(39-3)23(21)28/h7-9,15-16H,4-6,10-12H2,1-3H3,(H,31,32)(H,33,37)/t15-,16+/m1/s1. The van der Waals surface area contributed by atoms with E-state index in [1.54, 1.807) is 19.1 Å². The summed E-state index contributed by atoms with van der Waals surface area (Å²) in [7, 11) is 2.90. The maximum Gasteiger partial charge on any atom is 0.266 e. The van der Waals surface area contributed by atoms with Gasteiger partial charge >= 0.3 is 0 Å². The highest BCUT2D eigenvalue weighted by Crippen LogP contribution is 2.46. The van der Waals surface area contributed by atoms with E-state index >= 15 is 0 Å². The molecule has 0 bridgehead atoms. The topological polar surface area (TPSA) is 111 Å². The number of amides is 1. The lowest BCUT2D eigenvalue weighted by Gasteiger charge is -2.23. The van der Waals surface area contributed by atoms with Crippen molar-refractivity contribution in [2.24, 2.45) is 0 Å². The van der Waals surface area contributed by atoms with E-state index in [1.807, 2.05) is 0 Å². The fourth-order valence-corrected chi connectivity index (χ4v) is 5.45. The molecule has 214 valence electrons. The third-order valence-corrected chi connectivity index (χ3v) is 7.66. The van der Waals surface area contributed by atoms with Gasteiger partial charge in [0.05, 0.1) is 73.4 Å². The zero-order valence-corrected chi connectivity index (χ0v) is 23.6. The largest absolute Gasteiger partial charge is 0.495 e. The van der Waals surface area contributed by atoms with Crippen LogP contribution in [0.15, 0.2) is 18.3 Å². The smallest absolute Gasteiger partial charge is 0.266 e. The Morgan fingerprint density at radius 3 is 2.48 bits per heavy atom. The zero-order valence-electron chi connectivity index (χ0n) is 22.1. The molecular weight excluding hydrogens is 569 g/mol. The summed E-state index contributed by atoms with van der Waals surface area (Å²) < 4.78 is 45.0. The number of alkyl halides is 2. The van der Waals surface area contributed by atoms with Crippen molar-refractivity contribution in [1.29, 1.82) is 0 Å². The maximum atomic E-state index is 14.3. The van der Waals surface area contributed by atoms with Crippen molar-refractivity contribution >= 4 is 51.6 Å². The van der Waals surface area contributed by atoms with E-state index in [4.69, 9.17) is 42.4 Å². The number of hydrogen-bond donors (Lipinski definition) is 2. The van der Waals surface area contributed by atoms with Gasteiger partial charge in [-0.1, -0.05) is 30.1 Å². The predicted octanol–water partition coefficient (Wildman–Crippen LogP) is 4.57. The van der Waals surface area contributed by atoms with E-state index in [2.05, 4.69) is 20.6 Å². The minimum absolute atomic E-state index is 0.0848. The summed E-state index contributed by atoms with van der Waals surface area (Å²) in [6, 6.07) is 2.77. The second kappa shape index (κ2) is 11.3. The van der Waals surface area contributed by atoms with Crippen LogP contribution in [0.25, 0.3) is 22.3 Å². The van der Waals surface area contributed by atoms with Crippen molar-refractivity contribution in [1.82, 2.24) is 20.3 Å². The molecule has 2 aromatic heterocycles. The highest BCUT2D eigenvalue weighted by Gasteiger charge is 2.40. The van der Waals surface area contributed by atoms with Gasteiger partial charge in [-0.3, -0.25) is 4.79 Å². The first kappa shape index (κ1) is 28.3. The van der Waals surface area contributed by atoms with Crippen LogP contribution >= 0.6 is 23.2 Å². The van der Waals surface area contributed by atoms with Gasteiger partial charge < -0.3 is 29.7 Å². The number of ether oxygens (including phenoxy) is 3. The summed E-state index contributed by atoms with van der Waals surface area (Å²) in [5, 5.41) is 7.04. The zero-order chi connectivity index (χ0) is 28.6. The number of hydrogen-bond acceptors (Lipinski definition) is 9. The van der Waals surface area contributed by atoms with E-state index in [0.717, 1.165) is 0 Å². The first-order valence-electron chi connectivity index (χ1n) is 12.7. The third-order valence-electron chi connectivity index (χ3n) is 6.91. The number of nitrogens with zero attached hydrogens (tertiary/aromatic N) is 4. The molecule has 0 saturated carbocycles. The number of pyridine rings is 1. The number of carbonyl (C=O) groups excluding carboxylic acids is 1. The summed E-state index contributed by atoms with van der Waals surface area (Å²) in [4.78, 5) is 27.3. The summed E-state index contributed by atoms with van der Waals surface area (Å²) >= 11 is 13.2. The Balaban J connectivity index is 1.60. The number of methoxy groups -OCH3 is 2. The van der Waals surface area contributed by atoms with E-state index < -0.39 is 12.5 Å². The van der Waals surface area contributed by atoms with Crippen LogP contribution in [0.5, 0.6) is 11.5 Å². The molecule has 2 saturated heterocycles. The van der Waals surface area contributed by atoms with Gasteiger partial charge in [0.15, 0.2) is 5.82 Å². The normalized spacial score (nSPS) is 20.1. The highest BCUT2D eigenvalue weighted by molar-refractivity contribution is 6.41. The number of nitrogens with one attached hydrogen (secondary N) is 2. The molecule has 0 radical (unpaired) electrons. The number of aromatic nitrogens is 3. The summed E-state index contributed by atoms with van der Waals surface area (Å²) in [5.41, 5.74) is 0.640. The van der Waals surface area contributed by atoms with E-state index in [9.17, 15) is 13.6 Å². The van der Waals surface area contributed by atoms with Crippen LogP contribution in [0.3, 0.4) is 0 Å². The molecule has 0 unspecified atom stereocenters. The van der Waals surface area contributed by atoms with Gasteiger partial charge in [-0.05, 0) is 6.07 Å². The Labute approximate surface area is 239 Å². The van der Waals surface area contributed by atoms with E-state index in [-0.39, 0.29) is 69.7 Å². The number of anilines is 2. The Bertz CT molecular complexity index is 1420. The molecule has 2 aliphatic heterocycles. The quantitative estimate of drug-likeness (QED) is 0.386. The minimum Gasteiger partial charge on any atom is -0.495 e. The summed E-state index contributed by atoms with van der Waals surface area (Å²) in [6.45, 7) is 2.09. The Kier molecular flexibility index (Phi) is 8.03. The number of halogens is 4. The van der Waals surface area contributed by atoms with Crippen molar-refractivity contribution in [3.05, 3.63) is 28.4 Å². The molecule has 0 spiro atoms. The second-order valence-electron chi connectivity index (χ2n) is 9.58. The van der Waals surface area contributed by atoms with Gasteiger partial charge in [-0.2, -0.15) is 0 Å². The highest BCUT2D eigenvalue weighted by atomic mass is 35.5. The van der Waals surface area contributed by atoms with Crippen LogP contribution in [0.1, 0.15) is 19.8 Å². The summed E-state index contributed by atoms with van der Waals surface area (Å²) in [6.07, 6.45) is 1.57. The van der Waals surface area contributed by atoms with Gasteiger partial charge in [0.2, 0.25) is 5.91 Å². The van der Waals surface area contributed by atoms with Crippen LogP contribution < -0.4 is 25.0 Å². The Morgan fingerprint density at radius 2 is 1.85 bits per heavy atom. The van der Waals surface area contributed by atoms with Crippen LogP contribution in [0.2, 0.25) is 10.0 Å². The number of benzene rings is 1. The molecule has 3 aromatic rings. The van der Waals surface area contributed by atoms with Gasteiger partial charge in [-0.25, -0.2) is 23.7 Å². The van der Waals surface area contributed by atoms with E-state index in [1.165, 1.54) is 25.3 Å². The Hall–Kier alpha value is -3.22. The van der Waals surface area contributed by atoms with Gasteiger partial charge in [0.1, 0.15) is 23.1 Å². The SMILES string of the molecule is CCC(=O)N[C@H]1COC[C@H]1Nc1cc2c(N3CCC(F)(F)C3)nc(-c3c(Cl)c(OC)cc(OC)c3Cl)nc2cn1. The molecule has 2 atom stereocenters. The lowest BCUT2D eigenvalue weighted by Crippen LogP contribution is -2.45. The summed E-state index contributed by atoms with van der Waals surface area (Å²) in [5.74, 6) is -1.52. The van der Waals surface area contributed by atoms with Crippen LogP contribution in [-0.4, -0.2) is 79.4 Å². The number of carbonyl (C=O) groups is 1. The molecule has 0 aliphatic carbocycles. The molecule has 2 aliphatic rings. The monoisotopic (exact) mass is 596 g/mol. The lowest BCUT2D eigenvalue weighted by molar-refractivity contribution is -0.121. The molecule has 1 aromatic carbocycles. The molecule has 40 heavy (non-hydrogen) atoms. The van der Waals surface area contributed by atoms with Gasteiger partial charge in [-0.15, -0.1) is 0 Å². The first-order chi connectivity index (χ1) is 19.1. The fourth-order valence-electron chi connectivity index (χ4n) is 4.78. The molecule has 10 nitrogen and oxygen atoms in total. The lowest BCUT2D eigenvalue weighted by atomic mass is 10.1. The van der Waals surface area contributed by atoms with Crippen molar-refractivity contribution in [2.75, 3.05) is 50.7 Å². The third kappa shape index (κ3) is 5.52. The van der Waals surface area contributed by atoms with Crippen molar-refractivity contribution in [3.63, 3.8) is 0 Å². The van der Waals surface area contributed by atoms with Gasteiger partial charge in [0, 0.05) is 30.8 Å². The maximum absolute atomic E-state index is 14.3. The molecule has 14 heteroatoms. The average Bonchev–Trinajstić information content (AvgIpc) is 3.53. The molecule has 2 N–H and O–H groups in total. The van der Waals surface area contributed by atoms with Crippen molar-refractivity contribution in [3.8, 4) is 22.9 Å². The van der Waals surface area contributed by atoms with Crippen LogP contribution in [0.4, 0.5) is 20.4 Å². The number of fused-ring (bicyclic) bond motifs is 1. The first-order valence-corrected chi connectivity index (χ1v) is 13.4. The van der Waals surface area contributed by atoms with Crippen LogP contribution in [-0.2, 0) is 9.53 Å². The van der Waals surface area contributed by atoms with Gasteiger partial charge in [0.25, 0.3) is 5.92 Å². The fraction of sp³-hybridized carbons (Fsp3) is 0.462. The second-order valence-corrected chi connectivity index (χ2v) is 10.3. The Morgan fingerprint density at radius 1 is 1.15 bits per heavy atom. The van der Waals surface area contributed by atoms with E-state index in [0.29, 0.717) is 36.4 Å². The molecule has 5 rings (SSSR count). The predicted molar refractivity (Wildman–Crippen MR) is 148 cm³/mol. The molecule has 1 amide bonds. The molecule has 2 fully saturated rings. The molecule has 4 heterocycles. The molecular formula is C26H28Cl2F2N6O4. The van der Waals surface area contributed by atoms with Crippen LogP contribution in [0, 0.1) is 0 Å². The van der Waals surface area contributed by atoms with Crippen molar-refractivity contribution in [2.45, 2.75) is 37.8 Å². The minimum atomic E-state index is -2.87. The van der Waals surface area contributed by atoms with Crippen molar-refractivity contribution < 1.29 is 27.8 Å². The number of rotatable bonds is 8.